The fourth-order valence-corrected chi connectivity index (χ4v) is 5.25. The molecule has 2 aliphatic rings. The zero-order valence-corrected chi connectivity index (χ0v) is 20.3. The summed E-state index contributed by atoms with van der Waals surface area (Å²) < 4.78 is 5.59. The summed E-state index contributed by atoms with van der Waals surface area (Å²) in [7, 11) is 0. The summed E-state index contributed by atoms with van der Waals surface area (Å²) in [4.78, 5) is 35.7. The van der Waals surface area contributed by atoms with E-state index in [-0.39, 0.29) is 36.1 Å². The second kappa shape index (κ2) is 10.9. The van der Waals surface area contributed by atoms with Crippen molar-refractivity contribution in [3.8, 4) is 11.1 Å². The minimum Gasteiger partial charge on any atom is -0.481 e. The molecule has 1 unspecified atom stereocenters. The second-order valence-corrected chi connectivity index (χ2v) is 10.1. The second-order valence-electron chi connectivity index (χ2n) is 10.1. The van der Waals surface area contributed by atoms with Gasteiger partial charge in [0.05, 0.1) is 6.42 Å². The summed E-state index contributed by atoms with van der Waals surface area (Å²) in [5, 5.41) is 14.7. The van der Waals surface area contributed by atoms with Crippen LogP contribution in [-0.2, 0) is 14.3 Å². The lowest BCUT2D eigenvalue weighted by Crippen LogP contribution is -2.43. The topological polar surface area (TPSA) is 105 Å². The molecule has 0 aromatic heterocycles. The van der Waals surface area contributed by atoms with Crippen LogP contribution in [0.2, 0.25) is 0 Å². The quantitative estimate of drug-likeness (QED) is 0.464. The van der Waals surface area contributed by atoms with Gasteiger partial charge in [-0.05, 0) is 52.8 Å². The Bertz CT molecular complexity index is 1030. The summed E-state index contributed by atoms with van der Waals surface area (Å²) in [6.07, 6.45) is 1.64. The highest BCUT2D eigenvalue weighted by molar-refractivity contribution is 5.79. The van der Waals surface area contributed by atoms with Crippen LogP contribution in [0.1, 0.15) is 56.6 Å². The van der Waals surface area contributed by atoms with Crippen molar-refractivity contribution in [2.45, 2.75) is 51.5 Å². The van der Waals surface area contributed by atoms with Crippen molar-refractivity contribution in [1.82, 2.24) is 10.6 Å². The zero-order chi connectivity index (χ0) is 24.9. The van der Waals surface area contributed by atoms with Crippen molar-refractivity contribution in [2.24, 2.45) is 17.8 Å². The van der Waals surface area contributed by atoms with Crippen LogP contribution < -0.4 is 10.6 Å². The van der Waals surface area contributed by atoms with E-state index in [1.54, 1.807) is 0 Å². The molecule has 2 amide bonds. The number of alkyl carbamates (subject to hydrolysis) is 1. The van der Waals surface area contributed by atoms with Crippen LogP contribution in [0, 0.1) is 17.8 Å². The van der Waals surface area contributed by atoms with Gasteiger partial charge < -0.3 is 20.5 Å². The molecule has 0 saturated heterocycles. The van der Waals surface area contributed by atoms with Crippen LogP contribution in [0.25, 0.3) is 11.1 Å². The van der Waals surface area contributed by atoms with Crippen LogP contribution in [-0.4, -0.2) is 42.3 Å². The third-order valence-corrected chi connectivity index (χ3v) is 7.23. The summed E-state index contributed by atoms with van der Waals surface area (Å²) in [5.74, 6) is -0.318. The fraction of sp³-hybridized carbons (Fsp3) is 0.464. The molecule has 2 aromatic carbocycles. The lowest BCUT2D eigenvalue weighted by molar-refractivity contribution is -0.138. The van der Waals surface area contributed by atoms with Crippen LogP contribution >= 0.6 is 0 Å². The van der Waals surface area contributed by atoms with Gasteiger partial charge in [0.25, 0.3) is 0 Å². The first-order chi connectivity index (χ1) is 16.8. The van der Waals surface area contributed by atoms with E-state index in [9.17, 15) is 14.4 Å². The lowest BCUT2D eigenvalue weighted by atomic mass is 9.73. The Morgan fingerprint density at radius 3 is 2.14 bits per heavy atom. The van der Waals surface area contributed by atoms with Gasteiger partial charge in [-0.25, -0.2) is 4.79 Å². The predicted octanol–water partition coefficient (Wildman–Crippen LogP) is 4.56. The first-order valence-electron chi connectivity index (χ1n) is 12.4. The van der Waals surface area contributed by atoms with E-state index in [2.05, 4.69) is 34.9 Å². The number of ether oxygens (including phenoxy) is 1. The number of hydrogen-bond donors (Lipinski definition) is 3. The number of carbonyl (C=O) groups is 3. The molecule has 0 aliphatic heterocycles. The molecule has 35 heavy (non-hydrogen) atoms. The number of amides is 2. The maximum absolute atomic E-state index is 12.4. The molecule has 0 heterocycles. The van der Waals surface area contributed by atoms with Gasteiger partial charge in [0.2, 0.25) is 5.91 Å². The normalized spacial score (nSPS) is 19.3. The number of benzene rings is 2. The summed E-state index contributed by atoms with van der Waals surface area (Å²) in [6.45, 7) is 4.63. The largest absolute Gasteiger partial charge is 0.481 e. The molecule has 186 valence electrons. The molecule has 1 saturated carbocycles. The van der Waals surface area contributed by atoms with Crippen molar-refractivity contribution in [2.75, 3.05) is 13.2 Å². The third kappa shape index (κ3) is 6.02. The zero-order valence-electron chi connectivity index (χ0n) is 20.3. The maximum atomic E-state index is 12.4. The van der Waals surface area contributed by atoms with E-state index in [4.69, 9.17) is 9.84 Å². The van der Waals surface area contributed by atoms with Gasteiger partial charge in [-0.1, -0.05) is 62.4 Å². The fourth-order valence-electron chi connectivity index (χ4n) is 5.25. The van der Waals surface area contributed by atoms with E-state index in [0.29, 0.717) is 25.5 Å². The van der Waals surface area contributed by atoms with Crippen molar-refractivity contribution in [3.63, 3.8) is 0 Å². The van der Waals surface area contributed by atoms with Crippen LogP contribution in [0.15, 0.2) is 48.5 Å². The maximum Gasteiger partial charge on any atom is 0.407 e. The molecule has 2 aromatic rings. The number of carboxylic acids is 1. The molecule has 2 aliphatic carbocycles. The average Bonchev–Trinajstić information content (AvgIpc) is 3.12. The monoisotopic (exact) mass is 478 g/mol. The molecule has 7 nitrogen and oxygen atoms in total. The van der Waals surface area contributed by atoms with E-state index < -0.39 is 12.1 Å². The standard InChI is InChI=1S/C28H34N2O5/c1-17(2)25(14-27(32)33)30-26(31)13-18-11-19(12-18)15-29-28(34)35-16-24-22-9-5-3-7-20(22)21-8-4-6-10-23(21)24/h3-10,17-19,24-25H,11-16H2,1-2H3,(H,29,34)(H,30,31)(H,32,33). The third-order valence-electron chi connectivity index (χ3n) is 7.23. The summed E-state index contributed by atoms with van der Waals surface area (Å²) in [5.41, 5.74) is 4.77. The average molecular weight is 479 g/mol. The number of nitrogens with one attached hydrogen (secondary N) is 2. The lowest BCUT2D eigenvalue weighted by Gasteiger charge is -2.35. The molecule has 0 bridgehead atoms. The van der Waals surface area contributed by atoms with Crippen molar-refractivity contribution < 1.29 is 24.2 Å². The number of carbonyl (C=O) groups excluding carboxylic acids is 2. The predicted molar refractivity (Wildman–Crippen MR) is 133 cm³/mol. The van der Waals surface area contributed by atoms with E-state index in [1.807, 2.05) is 38.1 Å². The Morgan fingerprint density at radius 1 is 0.971 bits per heavy atom. The Hall–Kier alpha value is -3.35. The van der Waals surface area contributed by atoms with Gasteiger partial charge in [0, 0.05) is 24.9 Å². The molecule has 3 N–H and O–H groups in total. The molecule has 1 fully saturated rings. The first-order valence-corrected chi connectivity index (χ1v) is 12.4. The molecule has 1 atom stereocenters. The SMILES string of the molecule is CC(C)C(CC(=O)O)NC(=O)CC1CC(CNC(=O)OCC2c3ccccc3-c3ccccc32)C1. The highest BCUT2D eigenvalue weighted by atomic mass is 16.5. The number of aliphatic carboxylic acids is 1. The van der Waals surface area contributed by atoms with Crippen LogP contribution in [0.5, 0.6) is 0 Å². The van der Waals surface area contributed by atoms with Gasteiger partial charge in [-0.3, -0.25) is 9.59 Å². The van der Waals surface area contributed by atoms with Gasteiger partial charge in [-0.15, -0.1) is 0 Å². The highest BCUT2D eigenvalue weighted by Crippen LogP contribution is 2.44. The Kier molecular flexibility index (Phi) is 7.73. The summed E-state index contributed by atoms with van der Waals surface area (Å²) >= 11 is 0. The minimum absolute atomic E-state index is 0.0375. The van der Waals surface area contributed by atoms with Gasteiger partial charge in [0.1, 0.15) is 6.61 Å². The minimum atomic E-state index is -0.910. The molecular weight excluding hydrogens is 444 g/mol. The number of rotatable bonds is 10. The Labute approximate surface area is 206 Å². The smallest absolute Gasteiger partial charge is 0.407 e. The summed E-state index contributed by atoms with van der Waals surface area (Å²) in [6, 6.07) is 16.1. The molecule has 7 heteroatoms. The van der Waals surface area contributed by atoms with Crippen LogP contribution in [0.3, 0.4) is 0 Å². The van der Waals surface area contributed by atoms with Gasteiger partial charge in [-0.2, -0.15) is 0 Å². The van der Waals surface area contributed by atoms with Crippen molar-refractivity contribution in [1.29, 1.82) is 0 Å². The van der Waals surface area contributed by atoms with Gasteiger partial charge in [0.15, 0.2) is 0 Å². The highest BCUT2D eigenvalue weighted by Gasteiger charge is 2.32. The molecule has 0 radical (unpaired) electrons. The number of carboxylic acid groups (broad SMARTS) is 1. The molecular formula is C28H34N2O5. The van der Waals surface area contributed by atoms with E-state index in [1.165, 1.54) is 22.3 Å². The van der Waals surface area contributed by atoms with Gasteiger partial charge >= 0.3 is 12.1 Å². The molecule has 4 rings (SSSR count). The Morgan fingerprint density at radius 2 is 1.57 bits per heavy atom. The van der Waals surface area contributed by atoms with Crippen LogP contribution in [0.4, 0.5) is 4.79 Å². The number of hydrogen-bond acceptors (Lipinski definition) is 4. The molecule has 0 spiro atoms. The van der Waals surface area contributed by atoms with E-state index >= 15 is 0 Å². The van der Waals surface area contributed by atoms with E-state index in [0.717, 1.165) is 12.8 Å². The Balaban J connectivity index is 1.17. The first kappa shape index (κ1) is 24.8. The van der Waals surface area contributed by atoms with Crippen molar-refractivity contribution >= 4 is 18.0 Å². The number of fused-ring (bicyclic) bond motifs is 3. The van der Waals surface area contributed by atoms with Crippen molar-refractivity contribution in [3.05, 3.63) is 59.7 Å².